The lowest BCUT2D eigenvalue weighted by molar-refractivity contribution is 0.888. The molecule has 0 N–H and O–H groups in total. The van der Waals surface area contributed by atoms with Crippen molar-refractivity contribution in [3.63, 3.8) is 0 Å². The molecule has 0 radical (unpaired) electrons. The van der Waals surface area contributed by atoms with Gasteiger partial charge in [-0.3, -0.25) is 0 Å². The zero-order chi connectivity index (χ0) is 34.8. The predicted molar refractivity (Wildman–Crippen MR) is 237 cm³/mol. The van der Waals surface area contributed by atoms with Crippen LogP contribution in [0.25, 0.3) is 43.1 Å². The van der Waals surface area contributed by atoms with Crippen LogP contribution in [-0.4, -0.2) is 0 Å². The Hall–Kier alpha value is -4.42. The van der Waals surface area contributed by atoms with Crippen LogP contribution in [0.15, 0.2) is 182 Å². The van der Waals surface area contributed by atoms with Gasteiger partial charge < -0.3 is 0 Å². The number of hydrogen-bond donors (Lipinski definition) is 2. The van der Waals surface area contributed by atoms with Crippen LogP contribution in [0.5, 0.6) is 0 Å². The molecule has 0 fully saturated rings. The Kier molecular flexibility index (Phi) is 8.01. The van der Waals surface area contributed by atoms with Gasteiger partial charge in [0.05, 0.1) is 4.08 Å². The molecule has 0 nitrogen and oxygen atoms in total. The number of thiol groups is 2. The van der Waals surface area contributed by atoms with E-state index in [0.717, 1.165) is 6.42 Å². The summed E-state index contributed by atoms with van der Waals surface area (Å²) in [4.78, 5) is 0. The van der Waals surface area contributed by atoms with Gasteiger partial charge in [-0.1, -0.05) is 176 Å². The Bertz CT molecular complexity index is 2710. The first-order chi connectivity index (χ1) is 25.6. The Morgan fingerprint density at radius 3 is 1.42 bits per heavy atom. The smallest absolute Gasteiger partial charge is 0.0849 e. The minimum absolute atomic E-state index is 0.612. The summed E-state index contributed by atoms with van der Waals surface area (Å²) >= 11 is 10.6. The number of rotatable bonds is 6. The number of hydrogen-bond acceptors (Lipinski definition) is 2. The van der Waals surface area contributed by atoms with Gasteiger partial charge in [-0.15, -0.1) is 0 Å². The molecule has 0 amide bonds. The third-order valence-corrected chi connectivity index (χ3v) is 16.3. The van der Waals surface area contributed by atoms with Crippen LogP contribution in [0.1, 0.15) is 11.1 Å². The summed E-state index contributed by atoms with van der Waals surface area (Å²) in [6.45, 7) is 0. The molecular formula is C48H34P2S2. The highest BCUT2D eigenvalue weighted by molar-refractivity contribution is 7.99. The van der Waals surface area contributed by atoms with E-state index in [2.05, 4.69) is 182 Å². The fourth-order valence-corrected chi connectivity index (χ4v) is 14.1. The normalized spacial score (nSPS) is 13.6. The van der Waals surface area contributed by atoms with Crippen LogP contribution in [-0.2, 0) is 10.5 Å². The summed E-state index contributed by atoms with van der Waals surface area (Å²) in [5.41, 5.74) is 2.51. The second-order valence-corrected chi connectivity index (χ2v) is 19.8. The zero-order valence-electron chi connectivity index (χ0n) is 28.3. The summed E-state index contributed by atoms with van der Waals surface area (Å²) in [7, 11) is -1.80. The molecule has 0 saturated heterocycles. The second kappa shape index (κ2) is 12.9. The van der Waals surface area contributed by atoms with Crippen molar-refractivity contribution in [2.75, 3.05) is 0 Å². The topological polar surface area (TPSA) is 0 Å². The van der Waals surface area contributed by atoms with Crippen molar-refractivity contribution in [1.82, 2.24) is 0 Å². The van der Waals surface area contributed by atoms with Crippen LogP contribution < -0.4 is 31.8 Å². The summed E-state index contributed by atoms with van der Waals surface area (Å²) in [6, 6.07) is 67.8. The van der Waals surface area contributed by atoms with Crippen molar-refractivity contribution in [3.05, 3.63) is 193 Å². The molecule has 52 heavy (non-hydrogen) atoms. The molecule has 10 rings (SSSR count). The van der Waals surface area contributed by atoms with Crippen molar-refractivity contribution in [2.24, 2.45) is 0 Å². The van der Waals surface area contributed by atoms with Gasteiger partial charge in [0.15, 0.2) is 0 Å². The quantitative estimate of drug-likeness (QED) is 0.0722. The minimum Gasteiger partial charge on any atom is -0.157 e. The van der Waals surface area contributed by atoms with Gasteiger partial charge in [-0.2, -0.15) is 25.3 Å². The van der Waals surface area contributed by atoms with Gasteiger partial charge in [0.25, 0.3) is 0 Å². The van der Waals surface area contributed by atoms with Gasteiger partial charge in [-0.25, -0.2) is 0 Å². The highest BCUT2D eigenvalue weighted by atomic mass is 32.2. The molecule has 1 aliphatic carbocycles. The van der Waals surface area contributed by atoms with E-state index in [1.807, 2.05) is 0 Å². The Morgan fingerprint density at radius 2 is 0.865 bits per heavy atom. The van der Waals surface area contributed by atoms with E-state index in [1.54, 1.807) is 0 Å². The zero-order valence-corrected chi connectivity index (χ0v) is 31.9. The second-order valence-electron chi connectivity index (χ2n) is 13.6. The van der Waals surface area contributed by atoms with E-state index in [9.17, 15) is 0 Å². The SMILES string of the molecule is SC1(S)Cc2ccc(P(c3ccccc3)c3ccccc3)c3c4c(P(c5ccccc5)c5ccccc5)cccc4c4c5ccccc5cc1c4c23. The molecule has 0 atom stereocenters. The van der Waals surface area contributed by atoms with Crippen molar-refractivity contribution in [1.29, 1.82) is 0 Å². The van der Waals surface area contributed by atoms with E-state index in [-0.39, 0.29) is 0 Å². The highest BCUT2D eigenvalue weighted by Crippen LogP contribution is 2.54. The van der Waals surface area contributed by atoms with Gasteiger partial charge in [0.1, 0.15) is 0 Å². The molecule has 0 aliphatic heterocycles. The van der Waals surface area contributed by atoms with E-state index in [4.69, 9.17) is 25.3 Å². The van der Waals surface area contributed by atoms with Crippen molar-refractivity contribution in [3.8, 4) is 0 Å². The molecule has 4 heteroatoms. The highest BCUT2D eigenvalue weighted by Gasteiger charge is 2.36. The average molecular weight is 737 g/mol. The number of fused-ring (bicyclic) bond motifs is 5. The first-order valence-electron chi connectivity index (χ1n) is 17.7. The fraction of sp³-hybridized carbons (Fsp3) is 0.0417. The molecule has 9 aromatic rings. The number of benzene rings is 9. The van der Waals surface area contributed by atoms with Gasteiger partial charge in [-0.05, 0) is 108 Å². The summed E-state index contributed by atoms with van der Waals surface area (Å²) in [5.74, 6) is 0. The Morgan fingerprint density at radius 1 is 0.385 bits per heavy atom. The maximum Gasteiger partial charge on any atom is 0.0849 e. The third-order valence-electron chi connectivity index (χ3n) is 10.5. The average Bonchev–Trinajstić information content (AvgIpc) is 3.19. The van der Waals surface area contributed by atoms with E-state index >= 15 is 0 Å². The fourth-order valence-electron chi connectivity index (χ4n) is 8.43. The maximum atomic E-state index is 5.32. The van der Waals surface area contributed by atoms with Crippen LogP contribution in [0.4, 0.5) is 0 Å². The van der Waals surface area contributed by atoms with Gasteiger partial charge in [0, 0.05) is 6.42 Å². The van der Waals surface area contributed by atoms with E-state index < -0.39 is 19.9 Å². The molecule has 0 aromatic heterocycles. The molecule has 0 bridgehead atoms. The molecule has 0 unspecified atom stereocenters. The van der Waals surface area contributed by atoms with Crippen LogP contribution >= 0.6 is 41.1 Å². The first kappa shape index (κ1) is 32.2. The Labute approximate surface area is 317 Å². The molecule has 1 aliphatic rings. The molecule has 0 spiro atoms. The molecule has 0 heterocycles. The van der Waals surface area contributed by atoms with Crippen molar-refractivity contribution >= 4 is 116 Å². The van der Waals surface area contributed by atoms with Crippen molar-refractivity contribution in [2.45, 2.75) is 10.5 Å². The lowest BCUT2D eigenvalue weighted by atomic mass is 9.81. The van der Waals surface area contributed by atoms with E-state index in [0.29, 0.717) is 0 Å². The molecule has 248 valence electrons. The molecular weight excluding hydrogens is 703 g/mol. The van der Waals surface area contributed by atoms with Gasteiger partial charge >= 0.3 is 0 Å². The largest absolute Gasteiger partial charge is 0.157 e. The van der Waals surface area contributed by atoms with Crippen LogP contribution in [0, 0.1) is 0 Å². The lowest BCUT2D eigenvalue weighted by Gasteiger charge is -2.34. The van der Waals surface area contributed by atoms with Crippen LogP contribution in [0.2, 0.25) is 0 Å². The summed E-state index contributed by atoms with van der Waals surface area (Å²) < 4.78 is -0.612. The van der Waals surface area contributed by atoms with Crippen LogP contribution in [0.3, 0.4) is 0 Å². The molecule has 9 aromatic carbocycles. The first-order valence-corrected chi connectivity index (χ1v) is 21.3. The van der Waals surface area contributed by atoms with Crippen molar-refractivity contribution < 1.29 is 0 Å². The predicted octanol–water partition coefficient (Wildman–Crippen LogP) is 10.4. The minimum atomic E-state index is -0.902. The maximum absolute atomic E-state index is 5.32. The lowest BCUT2D eigenvalue weighted by Crippen LogP contribution is -2.26. The summed E-state index contributed by atoms with van der Waals surface area (Å²) in [5, 5.41) is 18.7. The third kappa shape index (κ3) is 5.15. The van der Waals surface area contributed by atoms with Gasteiger partial charge in [0.2, 0.25) is 0 Å². The standard InChI is InChI=1S/C48H34P2S2/c51-48(52)31-33-28-29-42(50(36-21-9-3-10-22-36)37-23-11-4-12-24-37)47-43(33)46-40(48)30-32-16-13-14-25-38(32)44(46)39-26-15-27-41(45(39)47)49(34-17-5-1-6-18-34)35-19-7-2-8-20-35/h1-30,51-52H,31H2. The summed E-state index contributed by atoms with van der Waals surface area (Å²) in [6.07, 6.45) is 0.741. The van der Waals surface area contributed by atoms with E-state index in [1.165, 1.54) is 86.0 Å². The molecule has 0 saturated carbocycles. The monoisotopic (exact) mass is 736 g/mol. The Balaban J connectivity index is 1.47.